The summed E-state index contributed by atoms with van der Waals surface area (Å²) in [6.07, 6.45) is 0. The van der Waals surface area contributed by atoms with Crippen molar-refractivity contribution < 1.29 is 0 Å². The summed E-state index contributed by atoms with van der Waals surface area (Å²) in [6, 6.07) is 4.50. The molecule has 0 radical (unpaired) electrons. The molecule has 20 heavy (non-hydrogen) atoms. The van der Waals surface area contributed by atoms with Crippen LogP contribution in [0.2, 0.25) is 0 Å². The van der Waals surface area contributed by atoms with Gasteiger partial charge in [0.05, 0.1) is 5.69 Å². The van der Waals surface area contributed by atoms with E-state index < -0.39 is 0 Å². The molecule has 1 rings (SSSR count). The second-order valence-electron chi connectivity index (χ2n) is 7.64. The minimum atomic E-state index is 0.0951. The summed E-state index contributed by atoms with van der Waals surface area (Å²) >= 11 is 0. The molecule has 1 atom stereocenters. The second kappa shape index (κ2) is 6.08. The van der Waals surface area contributed by atoms with Gasteiger partial charge >= 0.3 is 0 Å². The van der Waals surface area contributed by atoms with Gasteiger partial charge in [-0.05, 0) is 45.2 Å². The predicted octanol–water partition coefficient (Wildman–Crippen LogP) is 3.24. The normalized spacial score (nSPS) is 14.2. The average Bonchev–Trinajstić information content (AvgIpc) is 2.33. The first-order valence-corrected chi connectivity index (χ1v) is 7.31. The van der Waals surface area contributed by atoms with Crippen molar-refractivity contribution in [3.63, 3.8) is 0 Å². The van der Waals surface area contributed by atoms with Crippen LogP contribution in [0.5, 0.6) is 0 Å². The van der Waals surface area contributed by atoms with Crippen LogP contribution in [-0.4, -0.2) is 28.8 Å². The molecule has 1 aromatic rings. The van der Waals surface area contributed by atoms with Crippen LogP contribution in [0.15, 0.2) is 12.1 Å². The van der Waals surface area contributed by atoms with Crippen molar-refractivity contribution in [1.29, 1.82) is 0 Å². The molecule has 0 fully saturated rings. The van der Waals surface area contributed by atoms with Gasteiger partial charge in [-0.25, -0.2) is 0 Å². The summed E-state index contributed by atoms with van der Waals surface area (Å²) < 4.78 is 0. The van der Waals surface area contributed by atoms with Crippen LogP contribution in [0, 0.1) is 5.41 Å². The third-order valence-electron chi connectivity index (χ3n) is 3.70. The fraction of sp³-hybridized carbons (Fsp3) is 0.750. The molecule has 0 amide bonds. The topological polar surface area (TPSA) is 41.0 Å². The highest BCUT2D eigenvalue weighted by atomic mass is 15.3. The van der Waals surface area contributed by atoms with Gasteiger partial charge in [0, 0.05) is 25.2 Å². The zero-order valence-electron chi connectivity index (χ0n) is 14.3. The monoisotopic (exact) mass is 278 g/mol. The van der Waals surface area contributed by atoms with E-state index >= 15 is 0 Å². The third kappa shape index (κ3) is 5.08. The van der Waals surface area contributed by atoms with E-state index in [1.807, 2.05) is 6.07 Å². The van der Waals surface area contributed by atoms with Gasteiger partial charge in [-0.1, -0.05) is 20.8 Å². The molecule has 0 saturated carbocycles. The maximum Gasteiger partial charge on any atom is 0.151 e. The van der Waals surface area contributed by atoms with Crippen molar-refractivity contribution in [3.8, 4) is 0 Å². The Labute approximate surface area is 124 Å². The van der Waals surface area contributed by atoms with Gasteiger partial charge in [0.2, 0.25) is 0 Å². The molecule has 114 valence electrons. The van der Waals surface area contributed by atoms with Crippen molar-refractivity contribution in [2.24, 2.45) is 5.41 Å². The van der Waals surface area contributed by atoms with Crippen LogP contribution in [-0.2, 0) is 6.54 Å². The molecule has 0 aliphatic rings. The van der Waals surface area contributed by atoms with Gasteiger partial charge in [-0.3, -0.25) is 0 Å². The Balaban J connectivity index is 2.71. The molecular formula is C16H30N4. The molecule has 1 N–H and O–H groups in total. The van der Waals surface area contributed by atoms with Crippen LogP contribution in [0.4, 0.5) is 5.82 Å². The molecule has 0 saturated heterocycles. The standard InChI is InChI=1S/C16H30N4/c1-12(15(2,3)4)20(8)14-10-9-13(18-19-14)11-17-16(5,6)7/h9-10,12,17H,11H2,1-8H3. The Morgan fingerprint density at radius 1 is 1.10 bits per heavy atom. The first kappa shape index (κ1) is 16.9. The molecule has 4 nitrogen and oxygen atoms in total. The van der Waals surface area contributed by atoms with Crippen LogP contribution < -0.4 is 10.2 Å². The van der Waals surface area contributed by atoms with Gasteiger partial charge in [-0.15, -0.1) is 5.10 Å². The minimum absolute atomic E-state index is 0.0951. The van der Waals surface area contributed by atoms with Gasteiger partial charge in [0.15, 0.2) is 5.82 Å². The summed E-state index contributed by atoms with van der Waals surface area (Å²) in [5.41, 5.74) is 1.28. The Morgan fingerprint density at radius 2 is 1.70 bits per heavy atom. The van der Waals surface area contributed by atoms with Gasteiger partial charge in [0.1, 0.15) is 0 Å². The van der Waals surface area contributed by atoms with E-state index in [4.69, 9.17) is 0 Å². The van der Waals surface area contributed by atoms with Gasteiger partial charge < -0.3 is 10.2 Å². The largest absolute Gasteiger partial charge is 0.355 e. The highest BCUT2D eigenvalue weighted by molar-refractivity contribution is 5.38. The number of rotatable bonds is 4. The fourth-order valence-corrected chi connectivity index (χ4v) is 1.77. The summed E-state index contributed by atoms with van der Waals surface area (Å²) in [5, 5.41) is 12.1. The molecule has 0 aromatic carbocycles. The lowest BCUT2D eigenvalue weighted by molar-refractivity contribution is 0.328. The number of hydrogen-bond acceptors (Lipinski definition) is 4. The maximum absolute atomic E-state index is 4.35. The quantitative estimate of drug-likeness (QED) is 0.918. The van der Waals surface area contributed by atoms with E-state index in [0.29, 0.717) is 6.04 Å². The highest BCUT2D eigenvalue weighted by Crippen LogP contribution is 2.25. The SMILES string of the molecule is CC(N(C)c1ccc(CNC(C)(C)C)nn1)C(C)(C)C. The fourth-order valence-electron chi connectivity index (χ4n) is 1.77. The maximum atomic E-state index is 4.35. The molecule has 4 heteroatoms. The predicted molar refractivity (Wildman–Crippen MR) is 85.9 cm³/mol. The van der Waals surface area contributed by atoms with Crippen LogP contribution in [0.25, 0.3) is 0 Å². The molecular weight excluding hydrogens is 248 g/mol. The number of anilines is 1. The Kier molecular flexibility index (Phi) is 5.14. The lowest BCUT2D eigenvalue weighted by Gasteiger charge is -2.35. The lowest BCUT2D eigenvalue weighted by Crippen LogP contribution is -2.40. The van der Waals surface area contributed by atoms with Crippen LogP contribution in [0.3, 0.4) is 0 Å². The summed E-state index contributed by atoms with van der Waals surface area (Å²) in [4.78, 5) is 2.19. The summed E-state index contributed by atoms with van der Waals surface area (Å²) in [6.45, 7) is 16.1. The first-order chi connectivity index (χ1) is 9.00. The Morgan fingerprint density at radius 3 is 2.10 bits per heavy atom. The van der Waals surface area contributed by atoms with E-state index in [-0.39, 0.29) is 11.0 Å². The number of nitrogens with zero attached hydrogens (tertiary/aromatic N) is 3. The van der Waals surface area contributed by atoms with Crippen molar-refractivity contribution in [2.75, 3.05) is 11.9 Å². The molecule has 0 bridgehead atoms. The van der Waals surface area contributed by atoms with Crippen molar-refractivity contribution >= 4 is 5.82 Å². The number of hydrogen-bond donors (Lipinski definition) is 1. The smallest absolute Gasteiger partial charge is 0.151 e. The van der Waals surface area contributed by atoms with Gasteiger partial charge in [-0.2, -0.15) is 5.10 Å². The van der Waals surface area contributed by atoms with E-state index in [1.54, 1.807) is 0 Å². The second-order valence-corrected chi connectivity index (χ2v) is 7.64. The minimum Gasteiger partial charge on any atom is -0.355 e. The van der Waals surface area contributed by atoms with Gasteiger partial charge in [0.25, 0.3) is 0 Å². The van der Waals surface area contributed by atoms with E-state index in [2.05, 4.69) is 82.0 Å². The van der Waals surface area contributed by atoms with Crippen molar-refractivity contribution in [1.82, 2.24) is 15.5 Å². The van der Waals surface area contributed by atoms with E-state index in [9.17, 15) is 0 Å². The molecule has 0 aliphatic heterocycles. The Hall–Kier alpha value is -1.16. The zero-order chi connectivity index (χ0) is 15.6. The third-order valence-corrected chi connectivity index (χ3v) is 3.70. The number of aromatic nitrogens is 2. The first-order valence-electron chi connectivity index (χ1n) is 7.31. The molecule has 0 aliphatic carbocycles. The highest BCUT2D eigenvalue weighted by Gasteiger charge is 2.24. The number of nitrogens with one attached hydrogen (secondary N) is 1. The van der Waals surface area contributed by atoms with E-state index in [0.717, 1.165) is 18.1 Å². The summed E-state index contributed by atoms with van der Waals surface area (Å²) in [7, 11) is 2.08. The molecule has 1 unspecified atom stereocenters. The molecule has 0 spiro atoms. The summed E-state index contributed by atoms with van der Waals surface area (Å²) in [5.74, 6) is 0.923. The van der Waals surface area contributed by atoms with E-state index in [1.165, 1.54) is 0 Å². The lowest BCUT2D eigenvalue weighted by atomic mass is 9.87. The molecule has 1 heterocycles. The van der Waals surface area contributed by atoms with Crippen LogP contribution >= 0.6 is 0 Å². The van der Waals surface area contributed by atoms with Crippen LogP contribution in [0.1, 0.15) is 54.2 Å². The average molecular weight is 278 g/mol. The van der Waals surface area contributed by atoms with Crippen molar-refractivity contribution in [2.45, 2.75) is 66.6 Å². The zero-order valence-corrected chi connectivity index (χ0v) is 14.3. The Bertz CT molecular complexity index is 412. The van der Waals surface area contributed by atoms with Crippen molar-refractivity contribution in [3.05, 3.63) is 17.8 Å². The molecule has 1 aromatic heterocycles.